The Morgan fingerprint density at radius 1 is 0.511 bits per heavy atom. The highest BCUT2D eigenvalue weighted by Gasteiger charge is 2.21. The van der Waals surface area contributed by atoms with E-state index < -0.39 is 0 Å². The summed E-state index contributed by atoms with van der Waals surface area (Å²) in [7, 11) is 0. The zero-order chi connectivity index (χ0) is 31.3. The van der Waals surface area contributed by atoms with Gasteiger partial charge in [-0.3, -0.25) is 0 Å². The Balaban J connectivity index is 1.22. The van der Waals surface area contributed by atoms with Crippen LogP contribution < -0.4 is 10.4 Å². The number of rotatable bonds is 4. The van der Waals surface area contributed by atoms with E-state index in [0.717, 1.165) is 55.5 Å². The fourth-order valence-corrected chi connectivity index (χ4v) is 8.23. The van der Waals surface area contributed by atoms with Gasteiger partial charge in [0.25, 0.3) is 0 Å². The summed E-state index contributed by atoms with van der Waals surface area (Å²) >= 11 is 0. The molecule has 1 nitrogen and oxygen atoms in total. The van der Waals surface area contributed by atoms with E-state index >= 15 is 0 Å². The van der Waals surface area contributed by atoms with Crippen molar-refractivity contribution in [1.82, 2.24) is 4.98 Å². The van der Waals surface area contributed by atoms with Crippen molar-refractivity contribution in [3.63, 3.8) is 0 Å². The van der Waals surface area contributed by atoms with Crippen LogP contribution in [-0.2, 0) is 0 Å². The number of nitrogens with zero attached hydrogens (tertiary/aromatic N) is 1. The zero-order valence-electron chi connectivity index (χ0n) is 26.9. The molecule has 6 aromatic rings. The number of hydrogen-bond acceptors (Lipinski definition) is 1. The van der Waals surface area contributed by atoms with E-state index in [0.29, 0.717) is 0 Å². The van der Waals surface area contributed by atoms with E-state index in [4.69, 9.17) is 4.98 Å². The molecule has 0 radical (unpaired) electrons. The van der Waals surface area contributed by atoms with Crippen LogP contribution in [0.1, 0.15) is 56.7 Å². The lowest BCUT2D eigenvalue weighted by molar-refractivity contribution is 0.891. The number of pyridine rings is 1. The maximum Gasteiger partial charge on any atom is 0.0709 e. The Bertz CT molecular complexity index is 2410. The molecule has 0 bridgehead atoms. The summed E-state index contributed by atoms with van der Waals surface area (Å²) in [6.45, 7) is 2.29. The van der Waals surface area contributed by atoms with Crippen LogP contribution in [0.15, 0.2) is 145 Å². The van der Waals surface area contributed by atoms with Crippen LogP contribution in [0.4, 0.5) is 0 Å². The third-order valence-electron chi connectivity index (χ3n) is 10.5. The van der Waals surface area contributed by atoms with Gasteiger partial charge >= 0.3 is 0 Å². The molecule has 0 unspecified atom stereocenters. The van der Waals surface area contributed by atoms with Crippen molar-refractivity contribution in [2.24, 2.45) is 0 Å². The average Bonchev–Trinajstić information content (AvgIpc) is 3.14. The molecule has 1 heterocycles. The fraction of sp³-hybridized carbons (Fsp3) is 0.152. The van der Waals surface area contributed by atoms with Crippen molar-refractivity contribution in [1.29, 1.82) is 0 Å². The molecule has 0 N–H and O–H groups in total. The molecule has 1 aromatic heterocycles. The van der Waals surface area contributed by atoms with E-state index in [9.17, 15) is 0 Å². The monoisotopic (exact) mass is 603 g/mol. The van der Waals surface area contributed by atoms with Crippen molar-refractivity contribution in [3.05, 3.63) is 166 Å². The van der Waals surface area contributed by atoms with Gasteiger partial charge in [-0.25, -0.2) is 4.98 Å². The number of fused-ring (bicyclic) bond motifs is 3. The SMILES string of the molecule is CC1=c2ccccc2=C(c2c3ccccc3c(-c3cccc(-c4cccc(C5=CC6=C(C=CCC6)CC5)n4)c3)c3ccccc23)CC1. The van der Waals surface area contributed by atoms with Gasteiger partial charge in [0.2, 0.25) is 0 Å². The molecule has 1 heteroatoms. The summed E-state index contributed by atoms with van der Waals surface area (Å²) < 4.78 is 0. The fourth-order valence-electron chi connectivity index (χ4n) is 8.23. The summed E-state index contributed by atoms with van der Waals surface area (Å²) in [5, 5.41) is 8.03. The van der Waals surface area contributed by atoms with Crippen LogP contribution >= 0.6 is 0 Å². The van der Waals surface area contributed by atoms with E-state index in [1.54, 1.807) is 0 Å². The Kier molecular flexibility index (Phi) is 6.86. The van der Waals surface area contributed by atoms with E-state index in [1.807, 2.05) is 0 Å². The average molecular weight is 604 g/mol. The molecule has 5 aromatic carbocycles. The molecule has 0 spiro atoms. The van der Waals surface area contributed by atoms with Gasteiger partial charge in [-0.05, 0) is 135 Å². The summed E-state index contributed by atoms with van der Waals surface area (Å²) in [6.07, 6.45) is 13.6. The maximum atomic E-state index is 5.25. The van der Waals surface area contributed by atoms with E-state index in [-0.39, 0.29) is 0 Å². The molecule has 226 valence electrons. The second-order valence-corrected chi connectivity index (χ2v) is 13.3. The Labute approximate surface area is 276 Å². The van der Waals surface area contributed by atoms with Gasteiger partial charge < -0.3 is 0 Å². The number of hydrogen-bond donors (Lipinski definition) is 0. The zero-order valence-corrected chi connectivity index (χ0v) is 26.9. The summed E-state index contributed by atoms with van der Waals surface area (Å²) in [5.74, 6) is 0. The van der Waals surface area contributed by atoms with Crippen LogP contribution in [0.5, 0.6) is 0 Å². The quantitative estimate of drug-likeness (QED) is 0.183. The van der Waals surface area contributed by atoms with Crippen LogP contribution in [0, 0.1) is 0 Å². The van der Waals surface area contributed by atoms with Gasteiger partial charge in [0, 0.05) is 5.56 Å². The van der Waals surface area contributed by atoms with Crippen LogP contribution in [0.2, 0.25) is 0 Å². The van der Waals surface area contributed by atoms with Gasteiger partial charge in [0.1, 0.15) is 0 Å². The van der Waals surface area contributed by atoms with Gasteiger partial charge in [-0.2, -0.15) is 0 Å². The molecule has 0 atom stereocenters. The highest BCUT2D eigenvalue weighted by molar-refractivity contribution is 6.19. The van der Waals surface area contributed by atoms with Crippen molar-refractivity contribution >= 4 is 38.3 Å². The predicted octanol–water partition coefficient (Wildman–Crippen LogP) is 10.7. The minimum absolute atomic E-state index is 1.03. The highest BCUT2D eigenvalue weighted by atomic mass is 14.7. The van der Waals surface area contributed by atoms with Crippen molar-refractivity contribution < 1.29 is 0 Å². The minimum atomic E-state index is 1.03. The standard InChI is InChI=1S/C46H37N/c1-30-24-27-42(37-17-5-4-16-36(30)37)46-40-20-8-6-18-38(40)45(39-19-7-9-21-41(39)46)35-15-10-14-33(29-35)43-22-11-23-44(47-43)34-26-25-31-12-2-3-13-32(31)28-34/h2,4-12,14-23,28-29H,3,13,24-27H2,1H3. The largest absolute Gasteiger partial charge is 0.248 e. The lowest BCUT2D eigenvalue weighted by Gasteiger charge is -2.22. The van der Waals surface area contributed by atoms with Crippen molar-refractivity contribution in [2.75, 3.05) is 0 Å². The second kappa shape index (κ2) is 11.5. The molecule has 0 saturated heterocycles. The molecule has 0 amide bonds. The lowest BCUT2D eigenvalue weighted by Crippen LogP contribution is -2.31. The number of aromatic nitrogens is 1. The predicted molar refractivity (Wildman–Crippen MR) is 199 cm³/mol. The van der Waals surface area contributed by atoms with Crippen LogP contribution in [0.25, 0.3) is 60.6 Å². The molecule has 3 aliphatic rings. The third-order valence-corrected chi connectivity index (χ3v) is 10.5. The lowest BCUT2D eigenvalue weighted by atomic mass is 9.82. The topological polar surface area (TPSA) is 12.9 Å². The first-order chi connectivity index (χ1) is 23.2. The molecular weight excluding hydrogens is 567 g/mol. The number of benzene rings is 5. The Morgan fingerprint density at radius 2 is 1.17 bits per heavy atom. The van der Waals surface area contributed by atoms with Gasteiger partial charge in [-0.15, -0.1) is 0 Å². The maximum absolute atomic E-state index is 5.25. The van der Waals surface area contributed by atoms with Crippen molar-refractivity contribution in [2.45, 2.75) is 45.4 Å². The molecular formula is C46H37N. The van der Waals surface area contributed by atoms with E-state index in [2.05, 4.69) is 140 Å². The highest BCUT2D eigenvalue weighted by Crippen LogP contribution is 2.43. The summed E-state index contributed by atoms with van der Waals surface area (Å²) in [4.78, 5) is 5.25. The minimum Gasteiger partial charge on any atom is -0.248 e. The molecule has 0 aliphatic heterocycles. The molecule has 0 saturated carbocycles. The van der Waals surface area contributed by atoms with Gasteiger partial charge in [0.05, 0.1) is 11.4 Å². The summed E-state index contributed by atoms with van der Waals surface area (Å²) in [5.41, 5.74) is 14.5. The first kappa shape index (κ1) is 28.0. The summed E-state index contributed by atoms with van der Waals surface area (Å²) in [6, 6.07) is 42.6. The first-order valence-corrected chi connectivity index (χ1v) is 17.1. The molecule has 9 rings (SSSR count). The molecule has 0 fully saturated rings. The van der Waals surface area contributed by atoms with Crippen molar-refractivity contribution in [3.8, 4) is 22.4 Å². The third kappa shape index (κ3) is 4.81. The van der Waals surface area contributed by atoms with E-state index in [1.165, 1.54) is 76.5 Å². The van der Waals surface area contributed by atoms with Gasteiger partial charge in [-0.1, -0.05) is 121 Å². The molecule has 47 heavy (non-hydrogen) atoms. The smallest absolute Gasteiger partial charge is 0.0709 e. The second-order valence-electron chi connectivity index (χ2n) is 13.3. The first-order valence-electron chi connectivity index (χ1n) is 17.1. The Hall–Kier alpha value is -5.27. The normalized spacial score (nSPS) is 16.0. The molecule has 3 aliphatic carbocycles. The van der Waals surface area contributed by atoms with Gasteiger partial charge in [0.15, 0.2) is 0 Å². The Morgan fingerprint density at radius 3 is 1.96 bits per heavy atom. The van der Waals surface area contributed by atoms with Crippen LogP contribution in [0.3, 0.4) is 0 Å². The number of allylic oxidation sites excluding steroid dienone is 6. The van der Waals surface area contributed by atoms with Crippen LogP contribution in [-0.4, -0.2) is 4.98 Å².